The molecule has 3 heterocycles. The van der Waals surface area contributed by atoms with Crippen molar-refractivity contribution in [1.82, 2.24) is 25.1 Å². The van der Waals surface area contributed by atoms with Crippen LogP contribution >= 0.6 is 0 Å². The van der Waals surface area contributed by atoms with Crippen molar-refractivity contribution in [1.29, 1.82) is 0 Å². The second-order valence-electron chi connectivity index (χ2n) is 7.04. The fourth-order valence-corrected chi connectivity index (χ4v) is 3.97. The molecule has 1 fully saturated rings. The molecule has 1 saturated heterocycles. The molecule has 1 unspecified atom stereocenters. The molecule has 1 atom stereocenters. The van der Waals surface area contributed by atoms with Gasteiger partial charge in [0.15, 0.2) is 0 Å². The highest BCUT2D eigenvalue weighted by Gasteiger charge is 2.29. The number of piperidine rings is 1. The molecule has 6 nitrogen and oxygen atoms in total. The SMILES string of the molecule is Cc1ccc(C)c2c(C)c(C(=O)N3CCCC(c4ncn[nH]4)C3)[nH]c12. The van der Waals surface area contributed by atoms with E-state index in [1.807, 2.05) is 11.8 Å². The molecule has 1 amide bonds. The van der Waals surface area contributed by atoms with Gasteiger partial charge in [-0.3, -0.25) is 9.89 Å². The second-order valence-corrected chi connectivity index (χ2v) is 7.04. The Morgan fingerprint density at radius 3 is 2.76 bits per heavy atom. The first kappa shape index (κ1) is 15.9. The molecule has 4 rings (SSSR count). The molecule has 1 aliphatic rings. The van der Waals surface area contributed by atoms with Crippen molar-refractivity contribution in [3.05, 3.63) is 46.7 Å². The number of rotatable bonds is 2. The van der Waals surface area contributed by atoms with Crippen molar-refractivity contribution in [3.8, 4) is 0 Å². The van der Waals surface area contributed by atoms with E-state index < -0.39 is 0 Å². The third-order valence-electron chi connectivity index (χ3n) is 5.36. The maximum atomic E-state index is 13.2. The first-order valence-corrected chi connectivity index (χ1v) is 8.79. The zero-order valence-corrected chi connectivity index (χ0v) is 14.9. The average molecular weight is 337 g/mol. The Balaban J connectivity index is 1.67. The minimum absolute atomic E-state index is 0.0803. The van der Waals surface area contributed by atoms with E-state index in [4.69, 9.17) is 0 Å². The van der Waals surface area contributed by atoms with E-state index in [9.17, 15) is 4.79 Å². The van der Waals surface area contributed by atoms with Gasteiger partial charge in [-0.25, -0.2) is 4.98 Å². The van der Waals surface area contributed by atoms with E-state index in [1.165, 1.54) is 22.8 Å². The summed E-state index contributed by atoms with van der Waals surface area (Å²) in [5, 5.41) is 8.06. The molecular weight excluding hydrogens is 314 g/mol. The minimum atomic E-state index is 0.0803. The molecule has 1 aliphatic heterocycles. The number of benzene rings is 1. The van der Waals surface area contributed by atoms with Crippen LogP contribution in [0.15, 0.2) is 18.5 Å². The van der Waals surface area contributed by atoms with E-state index >= 15 is 0 Å². The van der Waals surface area contributed by atoms with Crippen LogP contribution in [0, 0.1) is 20.8 Å². The van der Waals surface area contributed by atoms with Crippen molar-refractivity contribution in [3.63, 3.8) is 0 Å². The van der Waals surface area contributed by atoms with Gasteiger partial charge >= 0.3 is 0 Å². The molecule has 3 aromatic rings. The number of carbonyl (C=O) groups excluding carboxylic acids is 1. The number of hydrogen-bond donors (Lipinski definition) is 2. The summed E-state index contributed by atoms with van der Waals surface area (Å²) in [6.45, 7) is 7.68. The Morgan fingerprint density at radius 2 is 2.04 bits per heavy atom. The monoisotopic (exact) mass is 337 g/mol. The first-order chi connectivity index (χ1) is 12.1. The van der Waals surface area contributed by atoms with Gasteiger partial charge < -0.3 is 9.88 Å². The number of nitrogens with zero attached hydrogens (tertiary/aromatic N) is 3. The summed E-state index contributed by atoms with van der Waals surface area (Å²) in [6.07, 6.45) is 3.54. The summed E-state index contributed by atoms with van der Waals surface area (Å²) >= 11 is 0. The zero-order chi connectivity index (χ0) is 17.6. The van der Waals surface area contributed by atoms with Crippen LogP contribution in [0.5, 0.6) is 0 Å². The molecule has 0 radical (unpaired) electrons. The summed E-state index contributed by atoms with van der Waals surface area (Å²) < 4.78 is 0. The topological polar surface area (TPSA) is 77.7 Å². The summed E-state index contributed by atoms with van der Waals surface area (Å²) in [7, 11) is 0. The highest BCUT2D eigenvalue weighted by Crippen LogP contribution is 2.30. The van der Waals surface area contributed by atoms with Crippen LogP contribution in [0.4, 0.5) is 0 Å². The Hall–Kier alpha value is -2.63. The van der Waals surface area contributed by atoms with E-state index in [2.05, 4.69) is 46.1 Å². The number of nitrogens with one attached hydrogen (secondary N) is 2. The lowest BCUT2D eigenvalue weighted by Crippen LogP contribution is -2.39. The van der Waals surface area contributed by atoms with E-state index in [1.54, 1.807) is 0 Å². The number of aromatic amines is 2. The maximum absolute atomic E-state index is 13.2. The normalized spacial score (nSPS) is 18.0. The quantitative estimate of drug-likeness (QED) is 0.753. The number of amides is 1. The average Bonchev–Trinajstić information content (AvgIpc) is 3.27. The molecule has 0 bridgehead atoms. The van der Waals surface area contributed by atoms with Gasteiger partial charge in [-0.15, -0.1) is 0 Å². The number of likely N-dealkylation sites (tertiary alicyclic amines) is 1. The van der Waals surface area contributed by atoms with Crippen molar-refractivity contribution in [2.24, 2.45) is 0 Å². The van der Waals surface area contributed by atoms with Gasteiger partial charge in [-0.05, 0) is 50.3 Å². The van der Waals surface area contributed by atoms with Crippen molar-refractivity contribution < 1.29 is 4.79 Å². The van der Waals surface area contributed by atoms with Crippen LogP contribution in [0.25, 0.3) is 10.9 Å². The van der Waals surface area contributed by atoms with Crippen molar-refractivity contribution >= 4 is 16.8 Å². The Bertz CT molecular complexity index is 925. The Labute approximate surface area is 146 Å². The third kappa shape index (κ3) is 2.62. The van der Waals surface area contributed by atoms with Crippen LogP contribution in [0.2, 0.25) is 0 Å². The van der Waals surface area contributed by atoms with Gasteiger partial charge in [0.2, 0.25) is 0 Å². The third-order valence-corrected chi connectivity index (χ3v) is 5.36. The molecule has 2 aromatic heterocycles. The summed E-state index contributed by atoms with van der Waals surface area (Å²) in [4.78, 5) is 22.8. The van der Waals surface area contributed by atoms with E-state index in [0.29, 0.717) is 12.2 Å². The summed E-state index contributed by atoms with van der Waals surface area (Å²) in [5.74, 6) is 1.18. The molecule has 25 heavy (non-hydrogen) atoms. The molecule has 0 spiro atoms. The Kier molecular flexibility index (Phi) is 3.82. The molecule has 0 saturated carbocycles. The molecule has 0 aliphatic carbocycles. The van der Waals surface area contributed by atoms with Gasteiger partial charge in [0.05, 0.1) is 0 Å². The summed E-state index contributed by atoms with van der Waals surface area (Å²) in [5.41, 5.74) is 5.20. The van der Waals surface area contributed by atoms with E-state index in [0.717, 1.165) is 36.3 Å². The van der Waals surface area contributed by atoms with E-state index in [-0.39, 0.29) is 11.8 Å². The molecule has 2 N–H and O–H groups in total. The molecular formula is C19H23N5O. The van der Waals surface area contributed by atoms with Gasteiger partial charge in [0, 0.05) is 29.9 Å². The number of aryl methyl sites for hydroxylation is 3. The number of aromatic nitrogens is 4. The van der Waals surface area contributed by atoms with Crippen LogP contribution in [-0.2, 0) is 0 Å². The first-order valence-electron chi connectivity index (χ1n) is 8.79. The van der Waals surface area contributed by atoms with Crippen molar-refractivity contribution in [2.75, 3.05) is 13.1 Å². The lowest BCUT2D eigenvalue weighted by atomic mass is 9.97. The fraction of sp³-hybridized carbons (Fsp3) is 0.421. The number of carbonyl (C=O) groups is 1. The highest BCUT2D eigenvalue weighted by molar-refractivity contribution is 6.02. The lowest BCUT2D eigenvalue weighted by molar-refractivity contribution is 0.0699. The zero-order valence-electron chi connectivity index (χ0n) is 14.9. The van der Waals surface area contributed by atoms with Crippen LogP contribution in [0.1, 0.15) is 51.8 Å². The maximum Gasteiger partial charge on any atom is 0.270 e. The van der Waals surface area contributed by atoms with Crippen LogP contribution < -0.4 is 0 Å². The molecule has 6 heteroatoms. The Morgan fingerprint density at radius 1 is 1.24 bits per heavy atom. The van der Waals surface area contributed by atoms with Gasteiger partial charge in [0.25, 0.3) is 5.91 Å². The van der Waals surface area contributed by atoms with Crippen molar-refractivity contribution in [2.45, 2.75) is 39.5 Å². The molecule has 1 aromatic carbocycles. The summed E-state index contributed by atoms with van der Waals surface area (Å²) in [6, 6.07) is 4.22. The number of H-pyrrole nitrogens is 2. The predicted octanol–water partition coefficient (Wildman–Crippen LogP) is 3.23. The van der Waals surface area contributed by atoms with Crippen LogP contribution in [-0.4, -0.2) is 44.1 Å². The lowest BCUT2D eigenvalue weighted by Gasteiger charge is -2.31. The van der Waals surface area contributed by atoms with Gasteiger partial charge in [-0.1, -0.05) is 12.1 Å². The minimum Gasteiger partial charge on any atom is -0.350 e. The number of fused-ring (bicyclic) bond motifs is 1. The standard InChI is InChI=1S/C19H23N5O/c1-11-6-7-12(2)16-15(11)13(3)17(22-16)19(25)24-8-4-5-14(9-24)18-20-10-21-23-18/h6-7,10,14,22H,4-5,8-9H2,1-3H3,(H,20,21,23). The van der Waals surface area contributed by atoms with Gasteiger partial charge in [-0.2, -0.15) is 5.10 Å². The molecule has 130 valence electrons. The number of hydrogen-bond acceptors (Lipinski definition) is 3. The fourth-order valence-electron chi connectivity index (χ4n) is 3.97. The predicted molar refractivity (Wildman–Crippen MR) is 96.8 cm³/mol. The largest absolute Gasteiger partial charge is 0.350 e. The van der Waals surface area contributed by atoms with Crippen LogP contribution in [0.3, 0.4) is 0 Å². The second kappa shape index (κ2) is 6.02. The van der Waals surface area contributed by atoms with Gasteiger partial charge in [0.1, 0.15) is 17.8 Å². The smallest absolute Gasteiger partial charge is 0.270 e. The highest BCUT2D eigenvalue weighted by atomic mass is 16.2.